The maximum absolute atomic E-state index is 11.7. The molecule has 0 radical (unpaired) electrons. The Bertz CT molecular complexity index is 465. The molecule has 0 saturated carbocycles. The zero-order valence-electron chi connectivity index (χ0n) is 18.5. The molecule has 0 spiro atoms. The van der Waals surface area contributed by atoms with Crippen molar-refractivity contribution in [3.63, 3.8) is 0 Å². The lowest BCUT2D eigenvalue weighted by molar-refractivity contribution is -0.121. The van der Waals surface area contributed by atoms with Crippen LogP contribution in [-0.2, 0) is 9.36 Å². The van der Waals surface area contributed by atoms with Crippen LogP contribution in [-0.4, -0.2) is 36.1 Å². The highest BCUT2D eigenvalue weighted by Gasteiger charge is 2.17. The molecule has 29 heavy (non-hydrogen) atoms. The second-order valence-electron chi connectivity index (χ2n) is 7.64. The summed E-state index contributed by atoms with van der Waals surface area (Å²) in [5.41, 5.74) is 5.19. The van der Waals surface area contributed by atoms with Crippen LogP contribution in [0.4, 0.5) is 0 Å². The molecule has 0 bridgehead atoms. The van der Waals surface area contributed by atoms with Crippen LogP contribution >= 0.6 is 7.80 Å². The molecular formula is C23H44N2O3P+. The summed E-state index contributed by atoms with van der Waals surface area (Å²) in [4.78, 5) is 11.7. The van der Waals surface area contributed by atoms with E-state index in [4.69, 9.17) is 10.8 Å². The molecule has 0 aliphatic carbocycles. The van der Waals surface area contributed by atoms with Gasteiger partial charge in [-0.1, -0.05) is 67.9 Å². The predicted octanol–water partition coefficient (Wildman–Crippen LogP) is 5.41. The maximum atomic E-state index is 11.7. The zero-order chi connectivity index (χ0) is 21.6. The van der Waals surface area contributed by atoms with Gasteiger partial charge >= 0.3 is 7.80 Å². The van der Waals surface area contributed by atoms with Crippen LogP contribution in [0.15, 0.2) is 24.3 Å². The topological polar surface area (TPSA) is 92.4 Å². The standard InChI is InChI=1S/C23H43N2O3P/c1-2-3-4-5-6-7-8-9-10-11-12-13-14-15-16-18-23(27)25-19-17-20-29(28)21-22(24)26/h6-7,9-10,22,26H,2-5,8,11-21,24H2,1H3/p+1. The van der Waals surface area contributed by atoms with Gasteiger partial charge in [-0.2, -0.15) is 0 Å². The number of aliphatic hydroxyl groups is 1. The van der Waals surface area contributed by atoms with Crippen molar-refractivity contribution in [1.29, 1.82) is 0 Å². The first-order valence-corrected chi connectivity index (χ1v) is 13.1. The van der Waals surface area contributed by atoms with Gasteiger partial charge in [0.1, 0.15) is 12.4 Å². The molecule has 168 valence electrons. The summed E-state index contributed by atoms with van der Waals surface area (Å²) in [6, 6.07) is 0. The summed E-state index contributed by atoms with van der Waals surface area (Å²) in [7, 11) is -1.46. The molecule has 5 nitrogen and oxygen atoms in total. The third-order valence-electron chi connectivity index (χ3n) is 4.65. The smallest absolute Gasteiger partial charge is 0.342 e. The van der Waals surface area contributed by atoms with Gasteiger partial charge in [-0.3, -0.25) is 4.79 Å². The monoisotopic (exact) mass is 427 g/mol. The van der Waals surface area contributed by atoms with E-state index in [0.717, 1.165) is 25.7 Å². The Morgan fingerprint density at radius 2 is 1.59 bits per heavy atom. The van der Waals surface area contributed by atoms with Crippen molar-refractivity contribution in [3.05, 3.63) is 24.3 Å². The molecule has 1 amide bonds. The molecule has 4 N–H and O–H groups in total. The minimum atomic E-state index is -1.46. The number of hydrogen-bond donors (Lipinski definition) is 3. The molecule has 0 aliphatic heterocycles. The summed E-state index contributed by atoms with van der Waals surface area (Å²) in [5.74, 6) is 0.0739. The summed E-state index contributed by atoms with van der Waals surface area (Å²) in [6.07, 6.45) is 22.9. The maximum Gasteiger partial charge on any atom is 0.342 e. The van der Waals surface area contributed by atoms with Crippen LogP contribution in [0.1, 0.15) is 90.4 Å². The highest BCUT2D eigenvalue weighted by Crippen LogP contribution is 2.20. The zero-order valence-corrected chi connectivity index (χ0v) is 19.4. The Hall–Kier alpha value is -1.03. The number of hydrogen-bond acceptors (Lipinski definition) is 4. The number of allylic oxidation sites excluding steroid dienone is 4. The number of amides is 1. The van der Waals surface area contributed by atoms with Gasteiger partial charge in [0.05, 0.1) is 0 Å². The van der Waals surface area contributed by atoms with Crippen molar-refractivity contribution in [3.8, 4) is 0 Å². The van der Waals surface area contributed by atoms with Gasteiger partial charge in [-0.05, 0) is 38.5 Å². The number of carbonyl (C=O) groups is 1. The van der Waals surface area contributed by atoms with Crippen molar-refractivity contribution in [2.45, 2.75) is 96.6 Å². The third kappa shape index (κ3) is 23.1. The van der Waals surface area contributed by atoms with E-state index in [1.54, 1.807) is 0 Å². The van der Waals surface area contributed by atoms with Crippen LogP contribution in [0.3, 0.4) is 0 Å². The number of rotatable bonds is 20. The average Bonchev–Trinajstić information content (AvgIpc) is 2.67. The highest BCUT2D eigenvalue weighted by molar-refractivity contribution is 7.44. The Kier molecular flexibility index (Phi) is 20.9. The van der Waals surface area contributed by atoms with Crippen molar-refractivity contribution in [2.24, 2.45) is 5.73 Å². The molecule has 0 saturated heterocycles. The lowest BCUT2D eigenvalue weighted by Gasteiger charge is -2.03. The summed E-state index contributed by atoms with van der Waals surface area (Å²) >= 11 is 0. The van der Waals surface area contributed by atoms with Crippen molar-refractivity contribution in [2.75, 3.05) is 18.9 Å². The van der Waals surface area contributed by atoms with E-state index in [1.807, 2.05) is 0 Å². The van der Waals surface area contributed by atoms with Crippen LogP contribution in [0.2, 0.25) is 0 Å². The van der Waals surface area contributed by atoms with E-state index in [0.29, 0.717) is 25.5 Å². The molecule has 0 aromatic carbocycles. The van der Waals surface area contributed by atoms with E-state index in [1.165, 1.54) is 44.9 Å². The quantitative estimate of drug-likeness (QED) is 0.105. The molecule has 0 rings (SSSR count). The fraction of sp³-hybridized carbons (Fsp3) is 0.783. The lowest BCUT2D eigenvalue weighted by Crippen LogP contribution is -2.25. The van der Waals surface area contributed by atoms with Gasteiger partial charge in [0.25, 0.3) is 0 Å². The number of nitrogens with one attached hydrogen (secondary N) is 1. The van der Waals surface area contributed by atoms with Crippen LogP contribution in [0.25, 0.3) is 0 Å². The van der Waals surface area contributed by atoms with Gasteiger partial charge in [0, 0.05) is 19.4 Å². The minimum absolute atomic E-state index is 0.0739. The minimum Gasteiger partial charge on any atom is -0.374 e. The molecule has 0 heterocycles. The number of nitrogens with two attached hydrogens (primary N) is 1. The second kappa shape index (κ2) is 21.7. The molecule has 6 heteroatoms. The molecular weight excluding hydrogens is 383 g/mol. The van der Waals surface area contributed by atoms with Gasteiger partial charge in [0.2, 0.25) is 5.91 Å². The summed E-state index contributed by atoms with van der Waals surface area (Å²) in [5, 5.41) is 11.8. The number of unbranched alkanes of at least 4 members (excludes halogenated alkanes) is 8. The van der Waals surface area contributed by atoms with Crippen molar-refractivity contribution in [1.82, 2.24) is 5.32 Å². The average molecular weight is 428 g/mol. The van der Waals surface area contributed by atoms with Crippen LogP contribution in [0.5, 0.6) is 0 Å². The van der Waals surface area contributed by atoms with Gasteiger partial charge in [-0.25, -0.2) is 0 Å². The second-order valence-corrected chi connectivity index (χ2v) is 9.42. The Morgan fingerprint density at radius 3 is 2.24 bits per heavy atom. The molecule has 2 unspecified atom stereocenters. The Balaban J connectivity index is 3.36. The first-order valence-electron chi connectivity index (χ1n) is 11.5. The fourth-order valence-corrected chi connectivity index (χ4v) is 4.08. The summed E-state index contributed by atoms with van der Waals surface area (Å²) < 4.78 is 11.5. The first kappa shape index (κ1) is 28.0. The lowest BCUT2D eigenvalue weighted by atomic mass is 10.1. The van der Waals surface area contributed by atoms with Gasteiger partial charge in [-0.15, -0.1) is 0 Å². The van der Waals surface area contributed by atoms with Crippen LogP contribution < -0.4 is 11.1 Å². The van der Waals surface area contributed by atoms with Crippen LogP contribution in [0, 0.1) is 0 Å². The Morgan fingerprint density at radius 1 is 0.966 bits per heavy atom. The summed E-state index contributed by atoms with van der Waals surface area (Å²) in [6.45, 7) is 2.78. The SMILES string of the molecule is CCCCCC=CCC=CCCCCCCCC(=O)NCCC[P+](=O)CC(N)O. The van der Waals surface area contributed by atoms with Gasteiger partial charge < -0.3 is 16.2 Å². The Labute approximate surface area is 179 Å². The first-order chi connectivity index (χ1) is 14.1. The van der Waals surface area contributed by atoms with Crippen molar-refractivity contribution < 1.29 is 14.5 Å². The number of aliphatic hydroxyl groups excluding tert-OH is 1. The fourth-order valence-electron chi connectivity index (χ4n) is 2.97. The van der Waals surface area contributed by atoms with E-state index < -0.39 is 14.0 Å². The van der Waals surface area contributed by atoms with E-state index in [9.17, 15) is 9.36 Å². The van der Waals surface area contributed by atoms with Crippen molar-refractivity contribution >= 4 is 13.7 Å². The molecule has 0 aromatic rings. The largest absolute Gasteiger partial charge is 0.374 e. The molecule has 0 fully saturated rings. The van der Waals surface area contributed by atoms with Gasteiger partial charge in [0.15, 0.2) is 6.16 Å². The third-order valence-corrected chi connectivity index (χ3v) is 6.25. The predicted molar refractivity (Wildman–Crippen MR) is 125 cm³/mol. The van der Waals surface area contributed by atoms with E-state index in [2.05, 4.69) is 36.5 Å². The number of carbonyl (C=O) groups excluding carboxylic acids is 1. The normalized spacial score (nSPS) is 13.3. The van der Waals surface area contributed by atoms with E-state index >= 15 is 0 Å². The molecule has 0 aromatic heterocycles. The van der Waals surface area contributed by atoms with E-state index in [-0.39, 0.29) is 12.1 Å². The highest BCUT2D eigenvalue weighted by atomic mass is 31.1. The molecule has 0 aliphatic rings. The molecule has 2 atom stereocenters.